The van der Waals surface area contributed by atoms with Gasteiger partial charge in [0.05, 0.1) is 18.1 Å². The highest BCUT2D eigenvalue weighted by atomic mass is 35.5. The van der Waals surface area contributed by atoms with Crippen LogP contribution in [0.25, 0.3) is 0 Å². The minimum atomic E-state index is -4.14. The molecule has 0 fully saturated rings. The van der Waals surface area contributed by atoms with Gasteiger partial charge in [0, 0.05) is 23.0 Å². The molecule has 0 aliphatic heterocycles. The Hall–Kier alpha value is -2.23. The molecule has 3 rings (SSSR count). The summed E-state index contributed by atoms with van der Waals surface area (Å²) in [6.07, 6.45) is 1.40. The molecular formula is C24H23Cl2FN2O3S2. The third-order valence-electron chi connectivity index (χ3n) is 5.10. The van der Waals surface area contributed by atoms with Crippen LogP contribution < -0.4 is 0 Å². The lowest BCUT2D eigenvalue weighted by atomic mass is 10.2. The molecule has 0 aliphatic carbocycles. The number of carbonyl (C=O) groups is 1. The Bertz CT molecular complexity index is 1280. The van der Waals surface area contributed by atoms with Crippen molar-refractivity contribution in [2.24, 2.45) is 0 Å². The first-order valence-electron chi connectivity index (χ1n) is 10.2. The maximum atomic E-state index is 13.4. The van der Waals surface area contributed by atoms with E-state index in [2.05, 4.69) is 6.58 Å². The van der Waals surface area contributed by atoms with E-state index < -0.39 is 22.5 Å². The maximum Gasteiger partial charge on any atom is 0.245 e. The van der Waals surface area contributed by atoms with Crippen LogP contribution in [0.2, 0.25) is 10.0 Å². The monoisotopic (exact) mass is 540 g/mol. The van der Waals surface area contributed by atoms with Gasteiger partial charge in [-0.25, -0.2) is 12.8 Å². The molecule has 3 aromatic rings. The number of halogens is 3. The van der Waals surface area contributed by atoms with Crippen molar-refractivity contribution in [3.63, 3.8) is 0 Å². The molecule has 0 bridgehead atoms. The molecule has 0 N–H and O–H groups in total. The van der Waals surface area contributed by atoms with E-state index >= 15 is 0 Å². The van der Waals surface area contributed by atoms with E-state index in [4.69, 9.17) is 23.2 Å². The Morgan fingerprint density at radius 3 is 2.44 bits per heavy atom. The van der Waals surface area contributed by atoms with Crippen molar-refractivity contribution in [1.82, 2.24) is 9.21 Å². The molecule has 0 unspecified atom stereocenters. The van der Waals surface area contributed by atoms with Gasteiger partial charge in [-0.3, -0.25) is 4.79 Å². The van der Waals surface area contributed by atoms with Crippen LogP contribution in [0.4, 0.5) is 4.39 Å². The fourth-order valence-electron chi connectivity index (χ4n) is 3.24. The number of amides is 1. The van der Waals surface area contributed by atoms with Crippen LogP contribution >= 0.6 is 34.5 Å². The normalized spacial score (nSPS) is 11.6. The van der Waals surface area contributed by atoms with Crippen molar-refractivity contribution in [2.75, 3.05) is 13.1 Å². The predicted molar refractivity (Wildman–Crippen MR) is 135 cm³/mol. The second-order valence-corrected chi connectivity index (χ2v) is 11.3. The van der Waals surface area contributed by atoms with E-state index in [9.17, 15) is 17.6 Å². The Kier molecular flexibility index (Phi) is 8.89. The average molecular weight is 541 g/mol. The van der Waals surface area contributed by atoms with Crippen LogP contribution in [0, 0.1) is 12.7 Å². The molecule has 0 radical (unpaired) electrons. The highest BCUT2D eigenvalue weighted by Crippen LogP contribution is 2.28. The van der Waals surface area contributed by atoms with Gasteiger partial charge >= 0.3 is 0 Å². The Labute approximate surface area is 213 Å². The molecule has 2 aromatic carbocycles. The summed E-state index contributed by atoms with van der Waals surface area (Å²) < 4.78 is 41.1. The Morgan fingerprint density at radius 2 is 1.82 bits per heavy atom. The lowest BCUT2D eigenvalue weighted by Crippen LogP contribution is -2.42. The van der Waals surface area contributed by atoms with Crippen molar-refractivity contribution in [3.8, 4) is 0 Å². The summed E-state index contributed by atoms with van der Waals surface area (Å²) >= 11 is 13.6. The van der Waals surface area contributed by atoms with Crippen molar-refractivity contribution in [1.29, 1.82) is 0 Å². The summed E-state index contributed by atoms with van der Waals surface area (Å²) in [6.45, 7) is 5.53. The number of hydrogen-bond acceptors (Lipinski definition) is 4. The van der Waals surface area contributed by atoms with Crippen molar-refractivity contribution in [3.05, 3.63) is 98.4 Å². The van der Waals surface area contributed by atoms with Gasteiger partial charge in [0.15, 0.2) is 0 Å². The molecular weight excluding hydrogens is 518 g/mol. The van der Waals surface area contributed by atoms with Gasteiger partial charge in [-0.15, -0.1) is 17.9 Å². The summed E-state index contributed by atoms with van der Waals surface area (Å²) in [5.41, 5.74) is 1.75. The van der Waals surface area contributed by atoms with Gasteiger partial charge in [-0.1, -0.05) is 41.4 Å². The number of benzene rings is 2. The summed E-state index contributed by atoms with van der Waals surface area (Å²) in [5.74, 6) is -0.793. The number of rotatable bonds is 10. The lowest BCUT2D eigenvalue weighted by molar-refractivity contribution is -0.132. The minimum absolute atomic E-state index is 0.00305. The molecule has 0 atom stereocenters. The van der Waals surface area contributed by atoms with Gasteiger partial charge in [-0.2, -0.15) is 4.31 Å². The third-order valence-corrected chi connectivity index (χ3v) is 8.63. The van der Waals surface area contributed by atoms with Crippen molar-refractivity contribution >= 4 is 50.5 Å². The second-order valence-electron chi connectivity index (χ2n) is 7.56. The Morgan fingerprint density at radius 1 is 1.12 bits per heavy atom. The lowest BCUT2D eigenvalue weighted by Gasteiger charge is -2.27. The number of nitrogens with zero attached hydrogens (tertiary/aromatic N) is 2. The first kappa shape index (κ1) is 26.4. The van der Waals surface area contributed by atoms with Gasteiger partial charge in [-0.05, 0) is 59.8 Å². The quantitative estimate of drug-likeness (QED) is 0.300. The zero-order valence-corrected chi connectivity index (χ0v) is 21.5. The highest BCUT2D eigenvalue weighted by Gasteiger charge is 2.30. The van der Waals surface area contributed by atoms with Gasteiger partial charge in [0.2, 0.25) is 15.9 Å². The number of thiophene rings is 1. The van der Waals surface area contributed by atoms with Gasteiger partial charge in [0.25, 0.3) is 0 Å². The van der Waals surface area contributed by atoms with Crippen LogP contribution in [-0.2, 0) is 27.9 Å². The third kappa shape index (κ3) is 6.46. The molecule has 10 heteroatoms. The molecule has 5 nitrogen and oxygen atoms in total. The highest BCUT2D eigenvalue weighted by molar-refractivity contribution is 7.89. The molecule has 34 heavy (non-hydrogen) atoms. The van der Waals surface area contributed by atoms with Crippen LogP contribution in [0.5, 0.6) is 0 Å². The molecule has 0 saturated carbocycles. The molecule has 1 aromatic heterocycles. The van der Waals surface area contributed by atoms with Gasteiger partial charge in [0.1, 0.15) is 10.7 Å². The molecule has 1 heterocycles. The standard InChI is InChI=1S/C24H23Cl2FN2O3S2/c1-3-11-29(34(31,32)23-13-19(25)6-9-21(23)26)16-24(30)28(15-22-17(2)10-12-33-22)14-18-4-7-20(27)8-5-18/h3-10,12-13H,1,11,14-16H2,2H3. The molecule has 1 amide bonds. The van der Waals surface area contributed by atoms with Crippen LogP contribution in [0.1, 0.15) is 16.0 Å². The number of hydrogen-bond donors (Lipinski definition) is 0. The zero-order chi connectivity index (χ0) is 24.9. The maximum absolute atomic E-state index is 13.4. The largest absolute Gasteiger partial charge is 0.332 e. The van der Waals surface area contributed by atoms with E-state index in [0.29, 0.717) is 6.54 Å². The van der Waals surface area contributed by atoms with E-state index in [0.717, 1.165) is 20.3 Å². The van der Waals surface area contributed by atoms with Gasteiger partial charge < -0.3 is 4.90 Å². The molecule has 0 spiro atoms. The molecule has 0 aliphatic rings. The number of sulfonamides is 1. The predicted octanol–water partition coefficient (Wildman–Crippen LogP) is 5.91. The summed E-state index contributed by atoms with van der Waals surface area (Å²) in [4.78, 5) is 15.8. The fraction of sp³-hybridized carbons (Fsp3) is 0.208. The summed E-state index contributed by atoms with van der Waals surface area (Å²) in [6, 6.07) is 11.9. The SMILES string of the molecule is C=CCN(CC(=O)N(Cc1ccc(F)cc1)Cc1sccc1C)S(=O)(=O)c1cc(Cl)ccc1Cl. The first-order valence-corrected chi connectivity index (χ1v) is 13.3. The molecule has 0 saturated heterocycles. The average Bonchev–Trinajstić information content (AvgIpc) is 3.20. The topological polar surface area (TPSA) is 57.7 Å². The Balaban J connectivity index is 1.91. The minimum Gasteiger partial charge on any atom is -0.332 e. The molecule has 180 valence electrons. The number of carbonyl (C=O) groups excluding carboxylic acids is 1. The first-order chi connectivity index (χ1) is 16.1. The van der Waals surface area contributed by atoms with Crippen LogP contribution in [0.3, 0.4) is 0 Å². The second kappa shape index (κ2) is 11.5. The van der Waals surface area contributed by atoms with E-state index in [-0.39, 0.29) is 33.8 Å². The van der Waals surface area contributed by atoms with E-state index in [1.807, 2.05) is 18.4 Å². The zero-order valence-electron chi connectivity index (χ0n) is 18.4. The fourth-order valence-corrected chi connectivity index (χ4v) is 6.26. The summed E-state index contributed by atoms with van der Waals surface area (Å²) in [7, 11) is -4.14. The van der Waals surface area contributed by atoms with E-state index in [1.54, 1.807) is 17.0 Å². The number of aryl methyl sites for hydroxylation is 1. The van der Waals surface area contributed by atoms with E-state index in [1.165, 1.54) is 47.7 Å². The van der Waals surface area contributed by atoms with Crippen LogP contribution in [-0.4, -0.2) is 36.6 Å². The van der Waals surface area contributed by atoms with Crippen molar-refractivity contribution in [2.45, 2.75) is 24.9 Å². The van der Waals surface area contributed by atoms with Crippen LogP contribution in [0.15, 0.2) is 71.5 Å². The van der Waals surface area contributed by atoms with Crippen molar-refractivity contribution < 1.29 is 17.6 Å². The smallest absolute Gasteiger partial charge is 0.245 e. The summed E-state index contributed by atoms with van der Waals surface area (Å²) in [5, 5.41) is 2.14.